The van der Waals surface area contributed by atoms with Crippen LogP contribution < -0.4 is 11.1 Å². The molecule has 0 aliphatic heterocycles. The minimum absolute atomic E-state index is 0.320. The lowest BCUT2D eigenvalue weighted by molar-refractivity contribution is 0.0602. The Balaban J connectivity index is 2.24. The summed E-state index contributed by atoms with van der Waals surface area (Å²) in [4.78, 5) is 11.9. The summed E-state index contributed by atoms with van der Waals surface area (Å²) in [5.74, 6) is -0.427. The third-order valence-electron chi connectivity index (χ3n) is 3.83. The zero-order valence-corrected chi connectivity index (χ0v) is 13.9. The second-order valence-electron chi connectivity index (χ2n) is 5.28. The third-order valence-corrected chi connectivity index (χ3v) is 5.22. The predicted octanol–water partition coefficient (Wildman–Crippen LogP) is 3.79. The van der Waals surface area contributed by atoms with Gasteiger partial charge in [0, 0.05) is 17.0 Å². The van der Waals surface area contributed by atoms with Gasteiger partial charge in [0.2, 0.25) is 0 Å². The Labute approximate surface area is 134 Å². The second-order valence-corrected chi connectivity index (χ2v) is 6.83. The van der Waals surface area contributed by atoms with E-state index >= 15 is 0 Å². The van der Waals surface area contributed by atoms with Gasteiger partial charge in [-0.25, -0.2) is 4.79 Å². The lowest BCUT2D eigenvalue weighted by Gasteiger charge is -2.30. The van der Waals surface area contributed by atoms with Crippen molar-refractivity contribution < 1.29 is 9.53 Å². The molecular formula is C15H21ClN2O2S. The predicted molar refractivity (Wildman–Crippen MR) is 90.4 cm³/mol. The van der Waals surface area contributed by atoms with Crippen molar-refractivity contribution in [2.45, 2.75) is 37.0 Å². The smallest absolute Gasteiger partial charge is 0.340 e. The van der Waals surface area contributed by atoms with Crippen molar-refractivity contribution in [1.82, 2.24) is 0 Å². The molecule has 0 amide bonds. The number of nitrogens with one attached hydrogen (secondary N) is 1. The summed E-state index contributed by atoms with van der Waals surface area (Å²) < 4.78 is 4.82. The van der Waals surface area contributed by atoms with Gasteiger partial charge in [-0.3, -0.25) is 0 Å². The zero-order valence-electron chi connectivity index (χ0n) is 12.3. The van der Waals surface area contributed by atoms with Gasteiger partial charge in [0.15, 0.2) is 0 Å². The maximum absolute atomic E-state index is 11.9. The van der Waals surface area contributed by atoms with E-state index < -0.39 is 5.97 Å². The van der Waals surface area contributed by atoms with Crippen LogP contribution in [0.15, 0.2) is 12.1 Å². The molecule has 2 atom stereocenters. The molecule has 2 unspecified atom stereocenters. The molecule has 1 fully saturated rings. The first-order valence-corrected chi connectivity index (χ1v) is 8.68. The van der Waals surface area contributed by atoms with Crippen LogP contribution in [0.2, 0.25) is 5.02 Å². The maximum Gasteiger partial charge on any atom is 0.340 e. The van der Waals surface area contributed by atoms with Crippen LogP contribution in [-0.4, -0.2) is 30.6 Å². The van der Waals surface area contributed by atoms with Crippen LogP contribution >= 0.6 is 23.4 Å². The summed E-state index contributed by atoms with van der Waals surface area (Å²) in [7, 11) is 1.35. The molecule has 116 valence electrons. The maximum atomic E-state index is 11.9. The van der Waals surface area contributed by atoms with E-state index in [4.69, 9.17) is 22.1 Å². The fourth-order valence-corrected chi connectivity index (χ4v) is 3.85. The topological polar surface area (TPSA) is 64.3 Å². The molecule has 1 aromatic carbocycles. The third kappa shape index (κ3) is 3.98. The molecule has 0 saturated heterocycles. The number of benzene rings is 1. The average molecular weight is 329 g/mol. The molecule has 1 saturated carbocycles. The van der Waals surface area contributed by atoms with Gasteiger partial charge in [-0.05, 0) is 37.7 Å². The molecular weight excluding hydrogens is 308 g/mol. The van der Waals surface area contributed by atoms with E-state index in [0.717, 1.165) is 12.8 Å². The van der Waals surface area contributed by atoms with Crippen molar-refractivity contribution in [3.05, 3.63) is 22.7 Å². The first-order valence-electron chi connectivity index (χ1n) is 7.01. The van der Waals surface area contributed by atoms with Crippen LogP contribution in [0.25, 0.3) is 0 Å². The van der Waals surface area contributed by atoms with E-state index in [1.165, 1.54) is 20.0 Å². The summed E-state index contributed by atoms with van der Waals surface area (Å²) >= 11 is 8.17. The van der Waals surface area contributed by atoms with Crippen LogP contribution in [0.4, 0.5) is 11.4 Å². The number of esters is 1. The highest BCUT2D eigenvalue weighted by Gasteiger charge is 2.24. The molecule has 0 radical (unpaired) electrons. The number of rotatable bonds is 4. The van der Waals surface area contributed by atoms with Gasteiger partial charge in [-0.2, -0.15) is 11.8 Å². The number of hydrogen-bond donors (Lipinski definition) is 2. The fraction of sp³-hybridized carbons (Fsp3) is 0.533. The molecule has 4 nitrogen and oxygen atoms in total. The van der Waals surface area contributed by atoms with Gasteiger partial charge >= 0.3 is 5.97 Å². The van der Waals surface area contributed by atoms with E-state index in [2.05, 4.69) is 11.6 Å². The van der Waals surface area contributed by atoms with Crippen molar-refractivity contribution in [3.63, 3.8) is 0 Å². The minimum Gasteiger partial charge on any atom is -0.465 e. The van der Waals surface area contributed by atoms with Gasteiger partial charge < -0.3 is 15.8 Å². The van der Waals surface area contributed by atoms with Gasteiger partial charge in [-0.15, -0.1) is 0 Å². The number of carbonyl (C=O) groups excluding carboxylic acids is 1. The monoisotopic (exact) mass is 328 g/mol. The Bertz CT molecular complexity index is 525. The number of nitrogen functional groups attached to an aromatic ring is 1. The highest BCUT2D eigenvalue weighted by atomic mass is 35.5. The molecule has 0 spiro atoms. The Morgan fingerprint density at radius 2 is 2.24 bits per heavy atom. The van der Waals surface area contributed by atoms with Crippen LogP contribution in [0.5, 0.6) is 0 Å². The SMILES string of the molecule is COC(=O)c1cc(N)cc(Cl)c1NC1CCCC(SC)C1. The summed E-state index contributed by atoms with van der Waals surface area (Å²) in [6.07, 6.45) is 6.73. The lowest BCUT2D eigenvalue weighted by Crippen LogP contribution is -2.29. The average Bonchev–Trinajstić information content (AvgIpc) is 2.49. The molecule has 1 aliphatic carbocycles. The molecule has 2 rings (SSSR count). The number of ether oxygens (including phenoxy) is 1. The van der Waals surface area contributed by atoms with Crippen LogP contribution in [-0.2, 0) is 4.74 Å². The molecule has 0 heterocycles. The Hall–Kier alpha value is -1.07. The van der Waals surface area contributed by atoms with E-state index in [1.807, 2.05) is 11.8 Å². The Kier molecular flexibility index (Phi) is 5.65. The number of thioether (sulfide) groups is 1. The van der Waals surface area contributed by atoms with Crippen LogP contribution in [0.1, 0.15) is 36.0 Å². The molecule has 3 N–H and O–H groups in total. The molecule has 1 aromatic rings. The van der Waals surface area contributed by atoms with Crippen molar-refractivity contribution in [3.8, 4) is 0 Å². The number of nitrogens with two attached hydrogens (primary N) is 1. The Morgan fingerprint density at radius 3 is 2.90 bits per heavy atom. The number of anilines is 2. The highest BCUT2D eigenvalue weighted by Crippen LogP contribution is 2.34. The Morgan fingerprint density at radius 1 is 1.48 bits per heavy atom. The summed E-state index contributed by atoms with van der Waals surface area (Å²) in [6, 6.07) is 3.58. The summed E-state index contributed by atoms with van der Waals surface area (Å²) in [6.45, 7) is 0. The summed E-state index contributed by atoms with van der Waals surface area (Å²) in [5, 5.41) is 4.54. The number of hydrogen-bond acceptors (Lipinski definition) is 5. The second kappa shape index (κ2) is 7.27. The van der Waals surface area contributed by atoms with Gasteiger partial charge in [0.05, 0.1) is 23.4 Å². The minimum atomic E-state index is -0.427. The standard InChI is InChI=1S/C15H21ClN2O2S/c1-20-15(19)12-6-9(17)7-13(16)14(12)18-10-4-3-5-11(8-10)21-2/h6-7,10-11,18H,3-5,8,17H2,1-2H3. The highest BCUT2D eigenvalue weighted by molar-refractivity contribution is 7.99. The zero-order chi connectivity index (χ0) is 15.4. The van der Waals surface area contributed by atoms with Crippen molar-refractivity contribution in [1.29, 1.82) is 0 Å². The van der Waals surface area contributed by atoms with Crippen molar-refractivity contribution in [2.24, 2.45) is 0 Å². The van der Waals surface area contributed by atoms with E-state index in [-0.39, 0.29) is 0 Å². The molecule has 1 aliphatic rings. The van der Waals surface area contributed by atoms with Gasteiger partial charge in [0.25, 0.3) is 0 Å². The van der Waals surface area contributed by atoms with E-state index in [0.29, 0.717) is 33.3 Å². The molecule has 0 bridgehead atoms. The number of carbonyl (C=O) groups is 1. The lowest BCUT2D eigenvalue weighted by atomic mass is 9.94. The molecule has 21 heavy (non-hydrogen) atoms. The van der Waals surface area contributed by atoms with Gasteiger partial charge in [-0.1, -0.05) is 18.0 Å². The first kappa shape index (κ1) is 16.3. The van der Waals surface area contributed by atoms with Crippen molar-refractivity contribution in [2.75, 3.05) is 24.4 Å². The van der Waals surface area contributed by atoms with E-state index in [1.54, 1.807) is 12.1 Å². The van der Waals surface area contributed by atoms with Crippen molar-refractivity contribution >= 4 is 40.7 Å². The number of methoxy groups -OCH3 is 1. The molecule has 0 aromatic heterocycles. The normalized spacial score (nSPS) is 21.9. The molecule has 6 heteroatoms. The van der Waals surface area contributed by atoms with Crippen LogP contribution in [0.3, 0.4) is 0 Å². The quantitative estimate of drug-likeness (QED) is 0.650. The largest absolute Gasteiger partial charge is 0.465 e. The van der Waals surface area contributed by atoms with Gasteiger partial charge in [0.1, 0.15) is 0 Å². The van der Waals surface area contributed by atoms with E-state index in [9.17, 15) is 4.79 Å². The first-order chi connectivity index (χ1) is 10.0. The fourth-order valence-electron chi connectivity index (χ4n) is 2.74. The number of halogens is 1. The summed E-state index contributed by atoms with van der Waals surface area (Å²) in [5.41, 5.74) is 7.26. The van der Waals surface area contributed by atoms with Crippen LogP contribution in [0, 0.1) is 0 Å².